The Labute approximate surface area is 109 Å². The number of carboxylic acids is 1. The van der Waals surface area contributed by atoms with Gasteiger partial charge in [0, 0.05) is 13.0 Å². The summed E-state index contributed by atoms with van der Waals surface area (Å²) in [5, 5.41) is 14.3. The second-order valence-electron chi connectivity index (χ2n) is 4.41. The van der Waals surface area contributed by atoms with Gasteiger partial charge in [0.2, 0.25) is 11.8 Å². The smallest absolute Gasteiger partial charge is 0.335 e. The predicted molar refractivity (Wildman–Crippen MR) is 66.7 cm³/mol. The van der Waals surface area contributed by atoms with E-state index >= 15 is 0 Å². The number of carbonyl (C=O) groups is 3. The average Bonchev–Trinajstić information content (AvgIpc) is 2.75. The van der Waals surface area contributed by atoms with E-state index in [1.807, 2.05) is 0 Å². The van der Waals surface area contributed by atoms with Crippen LogP contribution < -0.4 is 10.6 Å². The lowest BCUT2D eigenvalue weighted by molar-refractivity contribution is -0.121. The van der Waals surface area contributed by atoms with Crippen molar-refractivity contribution < 1.29 is 19.5 Å². The first kappa shape index (κ1) is 13.1. The van der Waals surface area contributed by atoms with E-state index in [1.165, 1.54) is 6.07 Å². The van der Waals surface area contributed by atoms with Crippen LogP contribution >= 0.6 is 0 Å². The van der Waals surface area contributed by atoms with Crippen LogP contribution in [0.5, 0.6) is 0 Å². The molecule has 0 bridgehead atoms. The Morgan fingerprint density at radius 1 is 1.37 bits per heavy atom. The van der Waals surface area contributed by atoms with Crippen molar-refractivity contribution in [1.82, 2.24) is 10.6 Å². The van der Waals surface area contributed by atoms with Crippen molar-refractivity contribution in [1.29, 1.82) is 0 Å². The molecule has 1 fully saturated rings. The van der Waals surface area contributed by atoms with E-state index in [2.05, 4.69) is 10.6 Å². The van der Waals surface area contributed by atoms with Crippen molar-refractivity contribution in [2.75, 3.05) is 6.54 Å². The van der Waals surface area contributed by atoms with Gasteiger partial charge in [-0.25, -0.2) is 4.79 Å². The largest absolute Gasteiger partial charge is 0.478 e. The topological polar surface area (TPSA) is 95.5 Å². The van der Waals surface area contributed by atoms with E-state index in [9.17, 15) is 14.4 Å². The second kappa shape index (κ2) is 5.51. The highest BCUT2D eigenvalue weighted by atomic mass is 16.4. The maximum Gasteiger partial charge on any atom is 0.335 e. The fraction of sp³-hybridized carbons (Fsp3) is 0.308. The molecular formula is C13H14N2O4. The zero-order valence-electron chi connectivity index (χ0n) is 10.2. The standard InChI is InChI=1S/C13H14N2O4/c16-11-6-9(7-14-11)15-12(17)5-8-3-1-2-4-10(8)13(18)19/h1-4,9H,5-7H2,(H,14,16)(H,15,17)(H,18,19). The van der Waals surface area contributed by atoms with Crippen molar-refractivity contribution in [3.05, 3.63) is 35.4 Å². The van der Waals surface area contributed by atoms with Crippen molar-refractivity contribution in [3.63, 3.8) is 0 Å². The molecule has 0 saturated carbocycles. The fourth-order valence-electron chi connectivity index (χ4n) is 2.04. The summed E-state index contributed by atoms with van der Waals surface area (Å²) in [5.41, 5.74) is 0.586. The van der Waals surface area contributed by atoms with E-state index in [0.717, 1.165) is 0 Å². The quantitative estimate of drug-likeness (QED) is 0.708. The third-order valence-electron chi connectivity index (χ3n) is 2.94. The van der Waals surface area contributed by atoms with Crippen LogP contribution in [0, 0.1) is 0 Å². The van der Waals surface area contributed by atoms with Gasteiger partial charge in [0.1, 0.15) is 0 Å². The molecule has 2 amide bonds. The van der Waals surface area contributed by atoms with Gasteiger partial charge in [-0.2, -0.15) is 0 Å². The molecule has 6 nitrogen and oxygen atoms in total. The Balaban J connectivity index is 1.99. The molecule has 1 aromatic carbocycles. The molecule has 1 atom stereocenters. The van der Waals surface area contributed by atoms with Crippen LogP contribution in [0.3, 0.4) is 0 Å². The average molecular weight is 262 g/mol. The molecule has 19 heavy (non-hydrogen) atoms. The van der Waals surface area contributed by atoms with Gasteiger partial charge in [0.25, 0.3) is 0 Å². The monoisotopic (exact) mass is 262 g/mol. The minimum absolute atomic E-state index is 0.00678. The van der Waals surface area contributed by atoms with E-state index in [-0.39, 0.29) is 36.3 Å². The molecule has 6 heteroatoms. The Hall–Kier alpha value is -2.37. The number of hydrogen-bond acceptors (Lipinski definition) is 3. The first-order chi connectivity index (χ1) is 9.06. The lowest BCUT2D eigenvalue weighted by atomic mass is 10.0. The summed E-state index contributed by atoms with van der Waals surface area (Å²) in [6, 6.07) is 6.17. The summed E-state index contributed by atoms with van der Waals surface area (Å²) < 4.78 is 0. The highest BCUT2D eigenvalue weighted by molar-refractivity contribution is 5.92. The Morgan fingerprint density at radius 3 is 2.74 bits per heavy atom. The van der Waals surface area contributed by atoms with Gasteiger partial charge in [0.15, 0.2) is 0 Å². The molecule has 0 aliphatic carbocycles. The number of rotatable bonds is 4. The first-order valence-electron chi connectivity index (χ1n) is 5.93. The summed E-state index contributed by atoms with van der Waals surface area (Å²) in [6.45, 7) is 0.422. The SMILES string of the molecule is O=C1CC(NC(=O)Cc2ccccc2C(=O)O)CN1. The van der Waals surface area contributed by atoms with Gasteiger partial charge in [0.05, 0.1) is 18.0 Å². The van der Waals surface area contributed by atoms with E-state index < -0.39 is 5.97 Å². The van der Waals surface area contributed by atoms with Gasteiger partial charge in [-0.05, 0) is 11.6 Å². The Morgan fingerprint density at radius 2 is 2.11 bits per heavy atom. The first-order valence-corrected chi connectivity index (χ1v) is 5.93. The lowest BCUT2D eigenvalue weighted by Crippen LogP contribution is -2.37. The molecule has 0 aromatic heterocycles. The van der Waals surface area contributed by atoms with E-state index in [1.54, 1.807) is 18.2 Å². The minimum atomic E-state index is -1.05. The normalized spacial score (nSPS) is 17.9. The van der Waals surface area contributed by atoms with Gasteiger partial charge in [-0.15, -0.1) is 0 Å². The van der Waals surface area contributed by atoms with Crippen LogP contribution in [-0.4, -0.2) is 35.5 Å². The molecule has 1 aromatic rings. The maximum absolute atomic E-state index is 11.8. The molecular weight excluding hydrogens is 248 g/mol. The van der Waals surface area contributed by atoms with Gasteiger partial charge in [-0.1, -0.05) is 18.2 Å². The van der Waals surface area contributed by atoms with Gasteiger partial charge in [-0.3, -0.25) is 9.59 Å². The fourth-order valence-corrected chi connectivity index (χ4v) is 2.04. The second-order valence-corrected chi connectivity index (χ2v) is 4.41. The number of benzene rings is 1. The summed E-state index contributed by atoms with van der Waals surface area (Å²) in [5.74, 6) is -1.42. The van der Waals surface area contributed by atoms with Gasteiger partial charge >= 0.3 is 5.97 Å². The molecule has 2 rings (SSSR count). The Bertz CT molecular complexity index is 527. The number of hydrogen-bond donors (Lipinski definition) is 3. The molecule has 3 N–H and O–H groups in total. The van der Waals surface area contributed by atoms with Crippen LogP contribution in [-0.2, 0) is 16.0 Å². The number of carbonyl (C=O) groups excluding carboxylic acids is 2. The van der Waals surface area contributed by atoms with Crippen molar-refractivity contribution in [3.8, 4) is 0 Å². The summed E-state index contributed by atoms with van der Waals surface area (Å²) in [6.07, 6.45) is 0.263. The summed E-state index contributed by atoms with van der Waals surface area (Å²) >= 11 is 0. The van der Waals surface area contributed by atoms with Crippen LogP contribution in [0.1, 0.15) is 22.3 Å². The van der Waals surface area contributed by atoms with Crippen LogP contribution in [0.25, 0.3) is 0 Å². The third kappa shape index (κ3) is 3.31. The minimum Gasteiger partial charge on any atom is -0.478 e. The summed E-state index contributed by atoms with van der Waals surface area (Å²) in [4.78, 5) is 33.8. The highest BCUT2D eigenvalue weighted by Gasteiger charge is 2.23. The molecule has 1 aliphatic heterocycles. The number of amides is 2. The third-order valence-corrected chi connectivity index (χ3v) is 2.94. The lowest BCUT2D eigenvalue weighted by Gasteiger charge is -2.11. The molecule has 100 valence electrons. The van der Waals surface area contributed by atoms with E-state index in [4.69, 9.17) is 5.11 Å². The number of aromatic carboxylic acids is 1. The molecule has 0 spiro atoms. The Kier molecular flexibility index (Phi) is 3.79. The zero-order valence-corrected chi connectivity index (χ0v) is 10.2. The highest BCUT2D eigenvalue weighted by Crippen LogP contribution is 2.10. The van der Waals surface area contributed by atoms with Crippen LogP contribution in [0.2, 0.25) is 0 Å². The van der Waals surface area contributed by atoms with Crippen LogP contribution in [0.15, 0.2) is 24.3 Å². The van der Waals surface area contributed by atoms with Crippen molar-refractivity contribution in [2.45, 2.75) is 18.9 Å². The maximum atomic E-state index is 11.8. The number of carboxylic acid groups (broad SMARTS) is 1. The van der Waals surface area contributed by atoms with Gasteiger partial charge < -0.3 is 15.7 Å². The molecule has 1 saturated heterocycles. The van der Waals surface area contributed by atoms with Crippen molar-refractivity contribution in [2.24, 2.45) is 0 Å². The predicted octanol–water partition coefficient (Wildman–Crippen LogP) is -0.0680. The molecule has 1 unspecified atom stereocenters. The summed E-state index contributed by atoms with van der Waals surface area (Å²) in [7, 11) is 0. The zero-order chi connectivity index (χ0) is 13.8. The molecule has 1 aliphatic rings. The van der Waals surface area contributed by atoms with E-state index in [0.29, 0.717) is 12.1 Å². The van der Waals surface area contributed by atoms with Crippen LogP contribution in [0.4, 0.5) is 0 Å². The number of nitrogens with one attached hydrogen (secondary N) is 2. The molecule has 1 heterocycles. The van der Waals surface area contributed by atoms with Crippen molar-refractivity contribution >= 4 is 17.8 Å². The molecule has 0 radical (unpaired) electrons.